The fraction of sp³-hybridized carbons (Fsp3) is 0.133. The van der Waals surface area contributed by atoms with Crippen molar-refractivity contribution in [1.82, 2.24) is 10.3 Å². The smallest absolute Gasteiger partial charge is 0.305 e. The summed E-state index contributed by atoms with van der Waals surface area (Å²) in [7, 11) is 0. The van der Waals surface area contributed by atoms with E-state index in [0.717, 1.165) is 0 Å². The van der Waals surface area contributed by atoms with Gasteiger partial charge in [0.25, 0.3) is 5.91 Å². The first-order valence-corrected chi connectivity index (χ1v) is 6.14. The molecule has 0 saturated heterocycles. The van der Waals surface area contributed by atoms with Gasteiger partial charge >= 0.3 is 5.97 Å². The van der Waals surface area contributed by atoms with E-state index in [1.807, 2.05) is 6.07 Å². The molecule has 0 aliphatic heterocycles. The van der Waals surface area contributed by atoms with Crippen LogP contribution in [0.3, 0.4) is 0 Å². The number of nitrogens with one attached hydrogen (secondary N) is 1. The zero-order valence-electron chi connectivity index (χ0n) is 10.7. The summed E-state index contributed by atoms with van der Waals surface area (Å²) in [6.45, 7) is 0. The van der Waals surface area contributed by atoms with Crippen molar-refractivity contribution in [3.63, 3.8) is 0 Å². The Morgan fingerprint density at radius 1 is 1.15 bits per heavy atom. The number of aliphatic carboxylic acids is 1. The molecular weight excluding hydrogens is 256 g/mol. The quantitative estimate of drug-likeness (QED) is 0.871. The third-order valence-electron chi connectivity index (χ3n) is 2.81. The number of rotatable bonds is 5. The molecule has 1 atom stereocenters. The topological polar surface area (TPSA) is 79.3 Å². The third-order valence-corrected chi connectivity index (χ3v) is 2.81. The molecule has 1 amide bonds. The normalized spacial score (nSPS) is 11.6. The average Bonchev–Trinajstić information content (AvgIpc) is 2.48. The Morgan fingerprint density at radius 3 is 2.50 bits per heavy atom. The molecule has 0 aliphatic carbocycles. The summed E-state index contributed by atoms with van der Waals surface area (Å²) in [5.41, 5.74) is 1.16. The van der Waals surface area contributed by atoms with Gasteiger partial charge in [-0.25, -0.2) is 0 Å². The van der Waals surface area contributed by atoms with E-state index in [4.69, 9.17) is 5.11 Å². The second-order valence-corrected chi connectivity index (χ2v) is 4.28. The molecule has 1 unspecified atom stereocenters. The Morgan fingerprint density at radius 2 is 1.90 bits per heavy atom. The van der Waals surface area contributed by atoms with Crippen molar-refractivity contribution in [2.45, 2.75) is 12.5 Å². The van der Waals surface area contributed by atoms with Gasteiger partial charge in [-0.15, -0.1) is 0 Å². The number of nitrogens with zero attached hydrogens (tertiary/aromatic N) is 1. The van der Waals surface area contributed by atoms with Crippen molar-refractivity contribution in [2.24, 2.45) is 0 Å². The van der Waals surface area contributed by atoms with Crippen LogP contribution in [0.15, 0.2) is 54.9 Å². The van der Waals surface area contributed by atoms with Crippen LogP contribution in [-0.2, 0) is 4.79 Å². The van der Waals surface area contributed by atoms with Crippen LogP contribution in [0, 0.1) is 0 Å². The van der Waals surface area contributed by atoms with Crippen LogP contribution in [0.4, 0.5) is 0 Å². The minimum atomic E-state index is -0.979. The first-order chi connectivity index (χ1) is 9.66. The molecular formula is C15H14N2O3. The summed E-state index contributed by atoms with van der Waals surface area (Å²) in [5.74, 6) is -1.28. The summed E-state index contributed by atoms with van der Waals surface area (Å²) in [6.07, 6.45) is 2.96. The second-order valence-electron chi connectivity index (χ2n) is 4.28. The Bertz CT molecular complexity index is 585. The minimum Gasteiger partial charge on any atom is -0.481 e. The molecule has 2 aromatic rings. The molecule has 5 nitrogen and oxygen atoms in total. The van der Waals surface area contributed by atoms with Crippen LogP contribution >= 0.6 is 0 Å². The molecule has 1 aromatic carbocycles. The molecule has 0 radical (unpaired) electrons. The number of carbonyl (C=O) groups is 2. The van der Waals surface area contributed by atoms with Gasteiger partial charge in [-0.1, -0.05) is 24.3 Å². The number of pyridine rings is 1. The summed E-state index contributed by atoms with van der Waals surface area (Å²) in [4.78, 5) is 27.0. The zero-order chi connectivity index (χ0) is 14.4. The van der Waals surface area contributed by atoms with Crippen molar-refractivity contribution < 1.29 is 14.7 Å². The maximum absolute atomic E-state index is 12.1. The Balaban J connectivity index is 2.16. The lowest BCUT2D eigenvalue weighted by molar-refractivity contribution is -0.137. The number of aromatic nitrogens is 1. The summed E-state index contributed by atoms with van der Waals surface area (Å²) < 4.78 is 0. The summed E-state index contributed by atoms with van der Waals surface area (Å²) in [6, 6.07) is 11.5. The number of carboxylic acid groups (broad SMARTS) is 1. The minimum absolute atomic E-state index is 0.190. The molecule has 2 rings (SSSR count). The number of carboxylic acids is 1. The Kier molecular flexibility index (Phi) is 4.44. The molecule has 20 heavy (non-hydrogen) atoms. The molecule has 102 valence electrons. The lowest BCUT2D eigenvalue weighted by Crippen LogP contribution is -2.30. The number of hydrogen-bond acceptors (Lipinski definition) is 3. The Labute approximate surface area is 116 Å². The van der Waals surface area contributed by atoms with E-state index in [-0.39, 0.29) is 12.3 Å². The summed E-state index contributed by atoms with van der Waals surface area (Å²) in [5, 5.41) is 11.7. The van der Waals surface area contributed by atoms with E-state index in [2.05, 4.69) is 10.3 Å². The van der Waals surface area contributed by atoms with Gasteiger partial charge in [0.05, 0.1) is 12.5 Å². The van der Waals surface area contributed by atoms with E-state index >= 15 is 0 Å². The van der Waals surface area contributed by atoms with E-state index in [9.17, 15) is 9.59 Å². The highest BCUT2D eigenvalue weighted by molar-refractivity contribution is 5.94. The van der Waals surface area contributed by atoms with Gasteiger partial charge in [0.15, 0.2) is 0 Å². The highest BCUT2D eigenvalue weighted by atomic mass is 16.4. The molecule has 0 spiro atoms. The SMILES string of the molecule is O=C(O)CC(NC(=O)c1ccccc1)c1cccnc1. The first-order valence-electron chi connectivity index (χ1n) is 6.14. The van der Waals surface area contributed by atoms with Gasteiger partial charge in [-0.3, -0.25) is 14.6 Å². The molecule has 2 N–H and O–H groups in total. The maximum atomic E-state index is 12.1. The van der Waals surface area contributed by atoms with Crippen molar-refractivity contribution in [3.05, 3.63) is 66.0 Å². The van der Waals surface area contributed by atoms with Crippen LogP contribution in [0.5, 0.6) is 0 Å². The summed E-state index contributed by atoms with van der Waals surface area (Å²) >= 11 is 0. The third kappa shape index (κ3) is 3.65. The van der Waals surface area contributed by atoms with E-state index in [0.29, 0.717) is 11.1 Å². The molecule has 5 heteroatoms. The maximum Gasteiger partial charge on any atom is 0.305 e. The van der Waals surface area contributed by atoms with Crippen LogP contribution in [0.1, 0.15) is 28.4 Å². The van der Waals surface area contributed by atoms with Gasteiger partial charge in [0.1, 0.15) is 0 Å². The predicted octanol–water partition coefficient (Wildman–Crippen LogP) is 2.03. The molecule has 1 aromatic heterocycles. The fourth-order valence-electron chi connectivity index (χ4n) is 1.84. The zero-order valence-corrected chi connectivity index (χ0v) is 10.7. The van der Waals surface area contributed by atoms with E-state index < -0.39 is 12.0 Å². The van der Waals surface area contributed by atoms with Crippen molar-refractivity contribution in [3.8, 4) is 0 Å². The second kappa shape index (κ2) is 6.47. The predicted molar refractivity (Wildman–Crippen MR) is 73.1 cm³/mol. The molecule has 0 fully saturated rings. The average molecular weight is 270 g/mol. The van der Waals surface area contributed by atoms with Gasteiger partial charge in [0.2, 0.25) is 0 Å². The molecule has 0 saturated carbocycles. The number of hydrogen-bond donors (Lipinski definition) is 2. The van der Waals surface area contributed by atoms with Crippen LogP contribution in [0.25, 0.3) is 0 Å². The largest absolute Gasteiger partial charge is 0.481 e. The standard InChI is InChI=1S/C15H14N2O3/c18-14(19)9-13(12-7-4-8-16-10-12)17-15(20)11-5-2-1-3-6-11/h1-8,10,13H,9H2,(H,17,20)(H,18,19). The Hall–Kier alpha value is -2.69. The fourth-order valence-corrected chi connectivity index (χ4v) is 1.84. The molecule has 0 bridgehead atoms. The number of benzene rings is 1. The first kappa shape index (κ1) is 13.7. The van der Waals surface area contributed by atoms with Crippen LogP contribution < -0.4 is 5.32 Å². The van der Waals surface area contributed by atoms with Crippen molar-refractivity contribution in [2.75, 3.05) is 0 Å². The van der Waals surface area contributed by atoms with Gasteiger partial charge < -0.3 is 10.4 Å². The number of amides is 1. The molecule has 0 aliphatic rings. The van der Waals surface area contributed by atoms with Gasteiger partial charge in [-0.2, -0.15) is 0 Å². The number of carbonyl (C=O) groups excluding carboxylic acids is 1. The lowest BCUT2D eigenvalue weighted by Gasteiger charge is -2.17. The van der Waals surface area contributed by atoms with Crippen molar-refractivity contribution >= 4 is 11.9 Å². The van der Waals surface area contributed by atoms with E-state index in [1.165, 1.54) is 0 Å². The van der Waals surface area contributed by atoms with Gasteiger partial charge in [-0.05, 0) is 23.8 Å². The highest BCUT2D eigenvalue weighted by Gasteiger charge is 2.18. The lowest BCUT2D eigenvalue weighted by atomic mass is 10.1. The van der Waals surface area contributed by atoms with Crippen LogP contribution in [-0.4, -0.2) is 22.0 Å². The highest BCUT2D eigenvalue weighted by Crippen LogP contribution is 2.16. The van der Waals surface area contributed by atoms with Crippen molar-refractivity contribution in [1.29, 1.82) is 0 Å². The molecule has 1 heterocycles. The van der Waals surface area contributed by atoms with Crippen LogP contribution in [0.2, 0.25) is 0 Å². The van der Waals surface area contributed by atoms with Gasteiger partial charge in [0, 0.05) is 18.0 Å². The van der Waals surface area contributed by atoms with E-state index in [1.54, 1.807) is 48.8 Å². The monoisotopic (exact) mass is 270 g/mol.